The average molecular weight is 588 g/mol. The molecule has 3 aromatic carbocycles. The fourth-order valence-corrected chi connectivity index (χ4v) is 5.58. The van der Waals surface area contributed by atoms with Crippen molar-refractivity contribution in [3.05, 3.63) is 101 Å². The van der Waals surface area contributed by atoms with E-state index in [2.05, 4.69) is 5.32 Å². The van der Waals surface area contributed by atoms with Gasteiger partial charge >= 0.3 is 0 Å². The predicted molar refractivity (Wildman–Crippen MR) is 157 cm³/mol. The van der Waals surface area contributed by atoms with Crippen LogP contribution < -0.4 is 9.62 Å². The lowest BCUT2D eigenvalue weighted by molar-refractivity contribution is -0.141. The van der Waals surface area contributed by atoms with Gasteiger partial charge in [0.15, 0.2) is 0 Å². The van der Waals surface area contributed by atoms with E-state index in [1.165, 1.54) is 23.1 Å². The van der Waals surface area contributed by atoms with Crippen LogP contribution in [0.4, 0.5) is 10.1 Å². The Morgan fingerprint density at radius 2 is 1.60 bits per heavy atom. The van der Waals surface area contributed by atoms with Crippen LogP contribution in [0.5, 0.6) is 0 Å². The quantitative estimate of drug-likeness (QED) is 0.298. The van der Waals surface area contributed by atoms with Crippen LogP contribution in [0.15, 0.2) is 78.9 Å². The largest absolute Gasteiger partial charge is 0.352 e. The zero-order valence-electron chi connectivity index (χ0n) is 22.9. The summed E-state index contributed by atoms with van der Waals surface area (Å²) in [7, 11) is -3.81. The van der Waals surface area contributed by atoms with Crippen molar-refractivity contribution < 1.29 is 22.4 Å². The maximum atomic E-state index is 14.4. The second-order valence-corrected chi connectivity index (χ2v) is 12.3. The van der Waals surface area contributed by atoms with Crippen LogP contribution in [-0.4, -0.2) is 50.0 Å². The van der Waals surface area contributed by atoms with E-state index in [0.29, 0.717) is 5.02 Å². The molecule has 0 spiro atoms. The Morgan fingerprint density at radius 3 is 2.23 bits per heavy atom. The Morgan fingerprint density at radius 1 is 0.950 bits per heavy atom. The molecule has 1 N–H and O–H groups in total. The molecule has 0 radical (unpaired) electrons. The van der Waals surface area contributed by atoms with Gasteiger partial charge in [0.1, 0.15) is 11.9 Å². The summed E-state index contributed by atoms with van der Waals surface area (Å²) in [6.45, 7) is 3.73. The number of amides is 2. The predicted octanol–water partition coefficient (Wildman–Crippen LogP) is 5.19. The van der Waals surface area contributed by atoms with E-state index >= 15 is 0 Å². The molecule has 214 valence electrons. The highest BCUT2D eigenvalue weighted by atomic mass is 35.5. The van der Waals surface area contributed by atoms with Gasteiger partial charge in [0.25, 0.3) is 0 Å². The fourth-order valence-electron chi connectivity index (χ4n) is 4.40. The number of benzene rings is 3. The summed E-state index contributed by atoms with van der Waals surface area (Å²) >= 11 is 6.20. The van der Waals surface area contributed by atoms with Gasteiger partial charge in [0.05, 0.1) is 11.9 Å². The number of hydrogen-bond donors (Lipinski definition) is 1. The van der Waals surface area contributed by atoms with Gasteiger partial charge in [-0.3, -0.25) is 13.9 Å². The molecule has 10 heteroatoms. The number of carbonyl (C=O) groups excluding carboxylic acids is 2. The van der Waals surface area contributed by atoms with Gasteiger partial charge in [-0.2, -0.15) is 0 Å². The lowest BCUT2D eigenvalue weighted by Crippen LogP contribution is -2.51. The summed E-state index contributed by atoms with van der Waals surface area (Å²) in [4.78, 5) is 28.7. The molecule has 3 rings (SSSR count). The molecule has 40 heavy (non-hydrogen) atoms. The van der Waals surface area contributed by atoms with E-state index in [1.807, 2.05) is 50.2 Å². The van der Waals surface area contributed by atoms with Crippen molar-refractivity contribution in [3.63, 3.8) is 0 Å². The van der Waals surface area contributed by atoms with Gasteiger partial charge in [0.2, 0.25) is 21.8 Å². The molecular weight excluding hydrogens is 553 g/mol. The topological polar surface area (TPSA) is 86.8 Å². The number of carbonyl (C=O) groups is 2. The summed E-state index contributed by atoms with van der Waals surface area (Å²) in [6, 6.07) is 21.1. The highest BCUT2D eigenvalue weighted by Crippen LogP contribution is 2.23. The summed E-state index contributed by atoms with van der Waals surface area (Å²) in [5.74, 6) is -1.30. The molecule has 3 aromatic rings. The first-order chi connectivity index (χ1) is 19.0. The highest BCUT2D eigenvalue weighted by molar-refractivity contribution is 7.92. The first kappa shape index (κ1) is 31.1. The van der Waals surface area contributed by atoms with Crippen molar-refractivity contribution >= 4 is 39.1 Å². The summed E-state index contributed by atoms with van der Waals surface area (Å²) < 4.78 is 40.3. The minimum Gasteiger partial charge on any atom is -0.352 e. The zero-order valence-corrected chi connectivity index (χ0v) is 24.5. The van der Waals surface area contributed by atoms with Crippen molar-refractivity contribution in [3.8, 4) is 0 Å². The van der Waals surface area contributed by atoms with E-state index in [9.17, 15) is 22.4 Å². The van der Waals surface area contributed by atoms with E-state index in [4.69, 9.17) is 11.6 Å². The molecule has 0 saturated heterocycles. The number of nitrogens with zero attached hydrogens (tertiary/aromatic N) is 2. The van der Waals surface area contributed by atoms with Gasteiger partial charge < -0.3 is 10.2 Å². The van der Waals surface area contributed by atoms with Crippen LogP contribution in [0.25, 0.3) is 0 Å². The van der Waals surface area contributed by atoms with Crippen molar-refractivity contribution in [2.75, 3.05) is 17.1 Å². The molecule has 0 aliphatic heterocycles. The van der Waals surface area contributed by atoms with Crippen LogP contribution in [-0.2, 0) is 32.6 Å². The van der Waals surface area contributed by atoms with Crippen LogP contribution in [0.3, 0.4) is 0 Å². The molecule has 0 bridgehead atoms. The number of para-hydroxylation sites is 1. The van der Waals surface area contributed by atoms with Gasteiger partial charge in [-0.15, -0.1) is 0 Å². The number of hydrogen-bond acceptors (Lipinski definition) is 4. The highest BCUT2D eigenvalue weighted by Gasteiger charge is 2.31. The van der Waals surface area contributed by atoms with Gasteiger partial charge in [-0.25, -0.2) is 12.8 Å². The molecule has 2 amide bonds. The molecule has 0 fully saturated rings. The third kappa shape index (κ3) is 9.06. The third-order valence-corrected chi connectivity index (χ3v) is 7.63. The lowest BCUT2D eigenvalue weighted by Gasteiger charge is -2.32. The molecule has 0 aliphatic rings. The Labute approximate surface area is 241 Å². The van der Waals surface area contributed by atoms with Gasteiger partial charge in [-0.05, 0) is 55.7 Å². The summed E-state index contributed by atoms with van der Waals surface area (Å²) in [5, 5.41) is 3.43. The second kappa shape index (κ2) is 14.3. The molecule has 7 nitrogen and oxygen atoms in total. The number of sulfonamides is 1. The molecule has 0 unspecified atom stereocenters. The first-order valence-electron chi connectivity index (χ1n) is 13.1. The number of halogens is 2. The van der Waals surface area contributed by atoms with Crippen molar-refractivity contribution in [2.45, 2.75) is 51.7 Å². The van der Waals surface area contributed by atoms with E-state index < -0.39 is 21.9 Å². The van der Waals surface area contributed by atoms with Crippen LogP contribution in [0.1, 0.15) is 37.8 Å². The number of rotatable bonds is 13. The molecule has 0 heterocycles. The number of anilines is 1. The second-order valence-electron chi connectivity index (χ2n) is 9.91. The SMILES string of the molecule is CC(C)NC(=O)[C@@H](Cc1ccccc1)N(Cc1cccc(Cl)c1)C(=O)CCCN(c1ccccc1F)S(C)(=O)=O. The van der Waals surface area contributed by atoms with Crippen molar-refractivity contribution in [2.24, 2.45) is 0 Å². The maximum absolute atomic E-state index is 14.4. The molecule has 0 aliphatic carbocycles. The van der Waals surface area contributed by atoms with Crippen LogP contribution in [0.2, 0.25) is 5.02 Å². The third-order valence-electron chi connectivity index (χ3n) is 6.22. The van der Waals surface area contributed by atoms with Gasteiger partial charge in [-0.1, -0.05) is 66.2 Å². The van der Waals surface area contributed by atoms with Crippen molar-refractivity contribution in [1.29, 1.82) is 0 Å². The first-order valence-corrected chi connectivity index (χ1v) is 15.3. The van der Waals surface area contributed by atoms with Crippen LogP contribution >= 0.6 is 11.6 Å². The smallest absolute Gasteiger partial charge is 0.243 e. The Kier molecular flexibility index (Phi) is 11.1. The van der Waals surface area contributed by atoms with Gasteiger partial charge in [0, 0.05) is 37.0 Å². The minimum atomic E-state index is -3.81. The van der Waals surface area contributed by atoms with Crippen molar-refractivity contribution in [1.82, 2.24) is 10.2 Å². The summed E-state index contributed by atoms with van der Waals surface area (Å²) in [6.07, 6.45) is 1.35. The number of nitrogens with one attached hydrogen (secondary N) is 1. The molecular formula is C30H35ClFN3O4S. The Hall–Kier alpha value is -3.43. The lowest BCUT2D eigenvalue weighted by atomic mass is 10.0. The fraction of sp³-hybridized carbons (Fsp3) is 0.333. The van der Waals surface area contributed by atoms with E-state index in [-0.39, 0.29) is 55.9 Å². The molecule has 0 saturated carbocycles. The normalized spacial score (nSPS) is 12.2. The van der Waals surface area contributed by atoms with E-state index in [1.54, 1.807) is 24.3 Å². The Bertz CT molecular complexity index is 1400. The standard InChI is InChI=1S/C30H35ClFN3O4S/c1-22(2)33-30(37)28(20-23-11-5-4-6-12-23)34(21-24-13-9-14-25(31)19-24)29(36)17-10-18-35(40(3,38)39)27-16-8-7-15-26(27)32/h4-9,11-16,19,22,28H,10,17-18,20-21H2,1-3H3,(H,33,37)/t28-/m1/s1. The van der Waals surface area contributed by atoms with E-state index in [0.717, 1.165) is 21.7 Å². The average Bonchev–Trinajstić information content (AvgIpc) is 2.88. The monoisotopic (exact) mass is 587 g/mol. The maximum Gasteiger partial charge on any atom is 0.243 e. The molecule has 1 atom stereocenters. The van der Waals surface area contributed by atoms with Crippen LogP contribution in [0, 0.1) is 5.82 Å². The zero-order chi connectivity index (χ0) is 29.3. The minimum absolute atomic E-state index is 0.0543. The molecule has 0 aromatic heterocycles. The Balaban J connectivity index is 1.89. The summed E-state index contributed by atoms with van der Waals surface area (Å²) in [5.41, 5.74) is 1.56.